The number of nitrogens with two attached hydrogens (primary N) is 1. The molecule has 3 aliphatic rings. The summed E-state index contributed by atoms with van der Waals surface area (Å²) in [4.78, 5) is 15.3. The van der Waals surface area contributed by atoms with Crippen LogP contribution in [0.5, 0.6) is 0 Å². The van der Waals surface area contributed by atoms with Crippen LogP contribution in [0.1, 0.15) is 43.7 Å². The monoisotopic (exact) mass is 461 g/mol. The van der Waals surface area contributed by atoms with E-state index in [0.29, 0.717) is 31.6 Å². The van der Waals surface area contributed by atoms with E-state index in [9.17, 15) is 9.18 Å². The maximum atomic E-state index is 13.4. The zero-order valence-corrected chi connectivity index (χ0v) is 18.9. The Morgan fingerprint density at radius 3 is 2.33 bits per heavy atom. The highest BCUT2D eigenvalue weighted by Gasteiger charge is 2.40. The quantitative estimate of drug-likeness (QED) is 0.705. The predicted octanol–water partition coefficient (Wildman–Crippen LogP) is 3.31. The van der Waals surface area contributed by atoms with Gasteiger partial charge in [0, 0.05) is 31.6 Å². The van der Waals surface area contributed by atoms with Crippen molar-refractivity contribution in [3.05, 3.63) is 35.6 Å². The molecule has 1 aliphatic heterocycles. The van der Waals surface area contributed by atoms with Gasteiger partial charge in [0.1, 0.15) is 5.82 Å². The van der Waals surface area contributed by atoms with Crippen molar-refractivity contribution in [1.29, 1.82) is 0 Å². The zero-order valence-electron chi connectivity index (χ0n) is 17.3. The topological polar surface area (TPSA) is 67.6 Å². The van der Waals surface area contributed by atoms with Gasteiger partial charge in [0.05, 0.1) is 19.3 Å². The van der Waals surface area contributed by atoms with Crippen molar-refractivity contribution in [2.24, 2.45) is 23.5 Å². The Morgan fingerprint density at radius 1 is 1.13 bits per heavy atom. The lowest BCUT2D eigenvalue weighted by Crippen LogP contribution is -2.50. The summed E-state index contributed by atoms with van der Waals surface area (Å²) in [7, 11) is 0. The van der Waals surface area contributed by atoms with E-state index >= 15 is 0 Å². The molecular formula is C22H34Cl2FN3O2. The second kappa shape index (κ2) is 11.6. The van der Waals surface area contributed by atoms with Gasteiger partial charge in [-0.25, -0.2) is 4.39 Å². The normalized spacial score (nSPS) is 29.8. The minimum Gasteiger partial charge on any atom is -0.379 e. The second-order valence-corrected chi connectivity index (χ2v) is 8.66. The van der Waals surface area contributed by atoms with Gasteiger partial charge in [0.15, 0.2) is 0 Å². The molecule has 1 aromatic carbocycles. The molecule has 3 N–H and O–H groups in total. The van der Waals surface area contributed by atoms with E-state index < -0.39 is 0 Å². The fraction of sp³-hybridized carbons (Fsp3) is 0.682. The van der Waals surface area contributed by atoms with Gasteiger partial charge in [0.25, 0.3) is 0 Å². The van der Waals surface area contributed by atoms with Crippen LogP contribution in [0.25, 0.3) is 0 Å². The molecule has 2 saturated carbocycles. The molecule has 8 heteroatoms. The lowest BCUT2D eigenvalue weighted by molar-refractivity contribution is -0.128. The molecular weight excluding hydrogens is 428 g/mol. The fourth-order valence-electron chi connectivity index (χ4n) is 5.38. The fourth-order valence-corrected chi connectivity index (χ4v) is 5.38. The molecule has 0 aromatic heterocycles. The highest BCUT2D eigenvalue weighted by Crippen LogP contribution is 2.41. The van der Waals surface area contributed by atoms with E-state index in [4.69, 9.17) is 10.5 Å². The number of ether oxygens (including phenoxy) is 1. The number of amides is 1. The molecule has 0 spiro atoms. The number of fused-ring (bicyclic) bond motifs is 2. The van der Waals surface area contributed by atoms with Gasteiger partial charge in [0.2, 0.25) is 5.91 Å². The number of carbonyl (C=O) groups is 1. The smallest absolute Gasteiger partial charge is 0.223 e. The lowest BCUT2D eigenvalue weighted by Gasteiger charge is -2.43. The number of carbonyl (C=O) groups excluding carboxylic acids is 1. The van der Waals surface area contributed by atoms with Gasteiger partial charge in [-0.3, -0.25) is 9.69 Å². The van der Waals surface area contributed by atoms with E-state index in [-0.39, 0.29) is 54.5 Å². The summed E-state index contributed by atoms with van der Waals surface area (Å²) in [5, 5.41) is 3.21. The third-order valence-electron chi connectivity index (χ3n) is 6.99. The number of hydrogen-bond acceptors (Lipinski definition) is 4. The second-order valence-electron chi connectivity index (χ2n) is 8.66. The van der Waals surface area contributed by atoms with E-state index in [2.05, 4.69) is 10.2 Å². The number of morpholine rings is 1. The van der Waals surface area contributed by atoms with Gasteiger partial charge in [-0.1, -0.05) is 18.6 Å². The summed E-state index contributed by atoms with van der Waals surface area (Å²) in [6, 6.07) is 6.96. The van der Waals surface area contributed by atoms with E-state index in [1.54, 1.807) is 0 Å². The molecule has 4 rings (SSSR count). The molecule has 1 saturated heterocycles. The van der Waals surface area contributed by atoms with Gasteiger partial charge in [-0.15, -0.1) is 24.8 Å². The zero-order chi connectivity index (χ0) is 19.5. The molecule has 2 bridgehead atoms. The standard InChI is InChI=1S/C22H32FN3O2.2ClH/c23-19-6-4-15(5-7-19)20(26-8-10-28-11-9-26)14-25-22(27)18-12-16-2-1-3-17(13-18)21(16)24;;/h4-7,16-18,20-21H,1-3,8-14,24H2,(H,25,27);2*1H. The maximum absolute atomic E-state index is 13.4. The van der Waals surface area contributed by atoms with Crippen molar-refractivity contribution in [2.45, 2.75) is 44.2 Å². The van der Waals surface area contributed by atoms with Crippen molar-refractivity contribution < 1.29 is 13.9 Å². The van der Waals surface area contributed by atoms with Crippen molar-refractivity contribution in [3.63, 3.8) is 0 Å². The minimum absolute atomic E-state index is 0. The van der Waals surface area contributed by atoms with E-state index in [1.165, 1.54) is 18.6 Å². The molecule has 3 unspecified atom stereocenters. The summed E-state index contributed by atoms with van der Waals surface area (Å²) in [6.45, 7) is 3.56. The van der Waals surface area contributed by atoms with Crippen LogP contribution >= 0.6 is 24.8 Å². The van der Waals surface area contributed by atoms with Crippen LogP contribution in [-0.2, 0) is 9.53 Å². The number of nitrogens with zero attached hydrogens (tertiary/aromatic N) is 1. The van der Waals surface area contributed by atoms with Crippen LogP contribution < -0.4 is 11.1 Å². The van der Waals surface area contributed by atoms with Gasteiger partial charge >= 0.3 is 0 Å². The Balaban J connectivity index is 0.00000160. The van der Waals surface area contributed by atoms with Crippen molar-refractivity contribution in [3.8, 4) is 0 Å². The first-order chi connectivity index (χ1) is 13.6. The van der Waals surface area contributed by atoms with Crippen LogP contribution in [-0.4, -0.2) is 49.7 Å². The molecule has 5 nitrogen and oxygen atoms in total. The third kappa shape index (κ3) is 5.86. The van der Waals surface area contributed by atoms with Crippen LogP contribution in [0.2, 0.25) is 0 Å². The molecule has 1 amide bonds. The Hall–Kier alpha value is -0.920. The van der Waals surface area contributed by atoms with Crippen molar-refractivity contribution in [1.82, 2.24) is 10.2 Å². The summed E-state index contributed by atoms with van der Waals surface area (Å²) >= 11 is 0. The van der Waals surface area contributed by atoms with E-state index in [0.717, 1.165) is 44.3 Å². The van der Waals surface area contributed by atoms with Crippen molar-refractivity contribution in [2.75, 3.05) is 32.8 Å². The SMILES string of the molecule is Cl.Cl.NC1C2CCCC1CC(C(=O)NCC(c1ccc(F)cc1)N1CCOCC1)C2. The maximum Gasteiger partial charge on any atom is 0.223 e. The Bertz CT molecular complexity index is 659. The number of halogens is 3. The van der Waals surface area contributed by atoms with Crippen LogP contribution in [0, 0.1) is 23.6 Å². The molecule has 3 fully saturated rings. The predicted molar refractivity (Wildman–Crippen MR) is 121 cm³/mol. The summed E-state index contributed by atoms with van der Waals surface area (Å²) in [5.41, 5.74) is 7.41. The third-order valence-corrected chi connectivity index (χ3v) is 6.99. The molecule has 2 aliphatic carbocycles. The summed E-state index contributed by atoms with van der Waals surface area (Å²) in [6.07, 6.45) is 5.41. The highest BCUT2D eigenvalue weighted by atomic mass is 35.5. The summed E-state index contributed by atoms with van der Waals surface area (Å²) < 4.78 is 18.9. The van der Waals surface area contributed by atoms with E-state index in [1.807, 2.05) is 12.1 Å². The summed E-state index contributed by atoms with van der Waals surface area (Å²) in [5.74, 6) is 0.988. The van der Waals surface area contributed by atoms with Gasteiger partial charge in [-0.2, -0.15) is 0 Å². The number of rotatable bonds is 5. The van der Waals surface area contributed by atoms with Crippen LogP contribution in [0.15, 0.2) is 24.3 Å². The first-order valence-corrected chi connectivity index (χ1v) is 10.7. The van der Waals surface area contributed by atoms with Crippen LogP contribution in [0.3, 0.4) is 0 Å². The Labute approximate surface area is 191 Å². The Kier molecular flexibility index (Phi) is 9.82. The Morgan fingerprint density at radius 2 is 1.73 bits per heavy atom. The number of nitrogens with one attached hydrogen (secondary N) is 1. The molecule has 3 atom stereocenters. The average molecular weight is 462 g/mol. The molecule has 170 valence electrons. The molecule has 1 aromatic rings. The van der Waals surface area contributed by atoms with Crippen molar-refractivity contribution >= 4 is 30.7 Å². The first kappa shape index (κ1) is 25.3. The number of hydrogen-bond donors (Lipinski definition) is 2. The number of benzene rings is 1. The first-order valence-electron chi connectivity index (χ1n) is 10.7. The molecule has 1 heterocycles. The van der Waals surface area contributed by atoms with Gasteiger partial charge < -0.3 is 15.8 Å². The molecule has 30 heavy (non-hydrogen) atoms. The average Bonchev–Trinajstić information content (AvgIpc) is 2.70. The highest BCUT2D eigenvalue weighted by molar-refractivity contribution is 5.85. The lowest BCUT2D eigenvalue weighted by atomic mass is 9.65. The van der Waals surface area contributed by atoms with Crippen LogP contribution in [0.4, 0.5) is 4.39 Å². The minimum atomic E-state index is -0.237. The largest absolute Gasteiger partial charge is 0.379 e. The van der Waals surface area contributed by atoms with Gasteiger partial charge in [-0.05, 0) is 55.2 Å². The molecule has 0 radical (unpaired) electrons.